The molecule has 7 nitrogen and oxygen atoms in total. The zero-order valence-electron chi connectivity index (χ0n) is 17.3. The van der Waals surface area contributed by atoms with Gasteiger partial charge in [0.2, 0.25) is 10.0 Å². The van der Waals surface area contributed by atoms with Crippen molar-refractivity contribution in [3.63, 3.8) is 0 Å². The molecule has 0 radical (unpaired) electrons. The third-order valence-corrected chi connectivity index (χ3v) is 7.24. The van der Waals surface area contributed by atoms with Gasteiger partial charge in [-0.15, -0.1) is 0 Å². The third-order valence-electron chi connectivity index (χ3n) is 5.35. The Balaban J connectivity index is 1.43. The summed E-state index contributed by atoms with van der Waals surface area (Å²) in [4.78, 5) is 26.0. The summed E-state index contributed by atoms with van der Waals surface area (Å²) in [6, 6.07) is 14.9. The summed E-state index contributed by atoms with van der Waals surface area (Å²) < 4.78 is 46.0. The van der Waals surface area contributed by atoms with Crippen molar-refractivity contribution >= 4 is 21.7 Å². The number of rotatable bonds is 5. The Morgan fingerprint density at radius 2 is 1.62 bits per heavy atom. The molecule has 1 aromatic heterocycles. The number of amides is 1. The summed E-state index contributed by atoms with van der Waals surface area (Å²) in [5.41, 5.74) is 0.976. The minimum Gasteiger partial charge on any atom is -0.451 e. The molecule has 9 heteroatoms. The molecule has 1 amide bonds. The molecule has 1 aliphatic rings. The molecule has 0 spiro atoms. The molecule has 166 valence electrons. The van der Waals surface area contributed by atoms with Gasteiger partial charge >= 0.3 is 0 Å². The quantitative estimate of drug-likeness (QED) is 0.549. The van der Waals surface area contributed by atoms with E-state index in [1.54, 1.807) is 36.4 Å². The Hall–Kier alpha value is -3.30. The number of benzene rings is 2. The number of halogens is 1. The van der Waals surface area contributed by atoms with Crippen LogP contribution in [0.25, 0.3) is 11.3 Å². The van der Waals surface area contributed by atoms with Crippen LogP contribution in [0.5, 0.6) is 0 Å². The summed E-state index contributed by atoms with van der Waals surface area (Å²) in [5, 5.41) is 0. The average molecular weight is 456 g/mol. The van der Waals surface area contributed by atoms with Crippen molar-refractivity contribution in [1.82, 2.24) is 9.21 Å². The van der Waals surface area contributed by atoms with Crippen molar-refractivity contribution < 1.29 is 26.8 Å². The van der Waals surface area contributed by atoms with Crippen LogP contribution in [0, 0.1) is 5.82 Å². The van der Waals surface area contributed by atoms with Crippen LogP contribution in [0.15, 0.2) is 70.0 Å². The van der Waals surface area contributed by atoms with Crippen LogP contribution in [0.2, 0.25) is 0 Å². The molecule has 0 saturated carbocycles. The second-order valence-corrected chi connectivity index (χ2v) is 9.39. The fourth-order valence-electron chi connectivity index (χ4n) is 3.53. The van der Waals surface area contributed by atoms with E-state index in [0.717, 1.165) is 0 Å². The minimum atomic E-state index is -3.78. The molecule has 2 heterocycles. The van der Waals surface area contributed by atoms with Crippen LogP contribution >= 0.6 is 0 Å². The molecule has 1 fully saturated rings. The zero-order valence-corrected chi connectivity index (χ0v) is 18.1. The van der Waals surface area contributed by atoms with Crippen molar-refractivity contribution in [3.8, 4) is 11.3 Å². The van der Waals surface area contributed by atoms with Gasteiger partial charge in [-0.05, 0) is 55.5 Å². The first-order valence-corrected chi connectivity index (χ1v) is 11.5. The molecule has 0 aliphatic carbocycles. The van der Waals surface area contributed by atoms with Gasteiger partial charge in [-0.2, -0.15) is 4.31 Å². The maximum atomic E-state index is 13.1. The minimum absolute atomic E-state index is 0.0555. The van der Waals surface area contributed by atoms with Gasteiger partial charge in [0, 0.05) is 37.3 Å². The van der Waals surface area contributed by atoms with E-state index in [1.165, 1.54) is 40.4 Å². The van der Waals surface area contributed by atoms with Crippen molar-refractivity contribution in [2.45, 2.75) is 11.8 Å². The Morgan fingerprint density at radius 3 is 2.28 bits per heavy atom. The van der Waals surface area contributed by atoms with Crippen LogP contribution in [0.4, 0.5) is 4.39 Å². The normalized spacial score (nSPS) is 15.0. The lowest BCUT2D eigenvalue weighted by Crippen LogP contribution is -2.50. The fourth-order valence-corrected chi connectivity index (χ4v) is 5.00. The zero-order chi connectivity index (χ0) is 22.9. The number of furan rings is 1. The van der Waals surface area contributed by atoms with Crippen LogP contribution < -0.4 is 0 Å². The molecular formula is C23H21FN2O5S. The highest BCUT2D eigenvalue weighted by atomic mass is 32.2. The molecule has 1 saturated heterocycles. The predicted octanol–water partition coefficient (Wildman–Crippen LogP) is 3.44. The lowest BCUT2D eigenvalue weighted by Gasteiger charge is -2.33. The van der Waals surface area contributed by atoms with E-state index < -0.39 is 10.0 Å². The number of carbonyl (C=O) groups excluding carboxylic acids is 2. The van der Waals surface area contributed by atoms with E-state index in [0.29, 0.717) is 16.9 Å². The van der Waals surface area contributed by atoms with Gasteiger partial charge in [0.1, 0.15) is 11.6 Å². The fraction of sp³-hybridized carbons (Fsp3) is 0.217. The lowest BCUT2D eigenvalue weighted by atomic mass is 10.2. The molecular weight excluding hydrogens is 435 g/mol. The first-order valence-electron chi connectivity index (χ1n) is 10.0. The maximum Gasteiger partial charge on any atom is 0.289 e. The van der Waals surface area contributed by atoms with Crippen LogP contribution in [-0.4, -0.2) is 55.5 Å². The molecule has 4 rings (SSSR count). The number of carbonyl (C=O) groups is 2. The van der Waals surface area contributed by atoms with E-state index in [-0.39, 0.29) is 54.3 Å². The number of hydrogen-bond acceptors (Lipinski definition) is 5. The number of hydrogen-bond donors (Lipinski definition) is 0. The molecule has 32 heavy (non-hydrogen) atoms. The molecule has 0 unspecified atom stereocenters. The van der Waals surface area contributed by atoms with E-state index in [1.807, 2.05) is 0 Å². The van der Waals surface area contributed by atoms with E-state index in [4.69, 9.17) is 4.42 Å². The Bertz CT molecular complexity index is 1260. The maximum absolute atomic E-state index is 13.1. The second kappa shape index (κ2) is 8.68. The van der Waals surface area contributed by atoms with Gasteiger partial charge < -0.3 is 9.32 Å². The van der Waals surface area contributed by atoms with Gasteiger partial charge in [0.25, 0.3) is 5.91 Å². The van der Waals surface area contributed by atoms with Crippen LogP contribution in [0.3, 0.4) is 0 Å². The second-order valence-electron chi connectivity index (χ2n) is 7.45. The smallest absolute Gasteiger partial charge is 0.289 e. The number of ketones is 1. The number of Topliss-reactive ketones (excluding diaryl/α,β-unsaturated/α-hetero) is 1. The van der Waals surface area contributed by atoms with Crippen molar-refractivity contribution in [2.24, 2.45) is 0 Å². The summed E-state index contributed by atoms with van der Waals surface area (Å²) in [5.74, 6) is -0.336. The summed E-state index contributed by atoms with van der Waals surface area (Å²) in [6.45, 7) is 2.05. The summed E-state index contributed by atoms with van der Waals surface area (Å²) >= 11 is 0. The van der Waals surface area contributed by atoms with Crippen molar-refractivity contribution in [1.29, 1.82) is 0 Å². The van der Waals surface area contributed by atoms with Crippen molar-refractivity contribution in [2.75, 3.05) is 26.2 Å². The number of nitrogens with zero attached hydrogens (tertiary/aromatic N) is 2. The first-order chi connectivity index (χ1) is 15.3. The molecule has 2 aromatic carbocycles. The molecule has 0 N–H and O–H groups in total. The molecule has 1 aliphatic heterocycles. The van der Waals surface area contributed by atoms with Gasteiger partial charge in [0.15, 0.2) is 11.5 Å². The van der Waals surface area contributed by atoms with Gasteiger partial charge in [-0.25, -0.2) is 12.8 Å². The number of piperazine rings is 1. The highest BCUT2D eigenvalue weighted by Gasteiger charge is 2.31. The monoisotopic (exact) mass is 456 g/mol. The predicted molar refractivity (Wildman–Crippen MR) is 115 cm³/mol. The van der Waals surface area contributed by atoms with Crippen LogP contribution in [-0.2, 0) is 10.0 Å². The van der Waals surface area contributed by atoms with Gasteiger partial charge in [-0.1, -0.05) is 12.1 Å². The van der Waals surface area contributed by atoms with Gasteiger partial charge in [0.05, 0.1) is 4.90 Å². The molecule has 0 bridgehead atoms. The largest absolute Gasteiger partial charge is 0.451 e. The third kappa shape index (κ3) is 4.35. The SMILES string of the molecule is CC(=O)c1cccc(S(=O)(=O)N2CCN(C(=O)c3ccc(-c4ccc(F)cc4)o3)CC2)c1. The molecule has 3 aromatic rings. The van der Waals surface area contributed by atoms with Gasteiger partial charge in [-0.3, -0.25) is 9.59 Å². The highest BCUT2D eigenvalue weighted by molar-refractivity contribution is 7.89. The van der Waals surface area contributed by atoms with Crippen molar-refractivity contribution in [3.05, 3.63) is 77.8 Å². The van der Waals surface area contributed by atoms with E-state index in [2.05, 4.69) is 0 Å². The van der Waals surface area contributed by atoms with E-state index in [9.17, 15) is 22.4 Å². The molecule has 0 atom stereocenters. The topological polar surface area (TPSA) is 87.9 Å². The average Bonchev–Trinajstić information content (AvgIpc) is 3.29. The highest BCUT2D eigenvalue weighted by Crippen LogP contribution is 2.24. The standard InChI is InChI=1S/C23H21FN2O5S/c1-16(27)18-3-2-4-20(15-18)32(29,30)26-13-11-25(12-14-26)23(28)22-10-9-21(31-22)17-5-7-19(24)8-6-17/h2-10,15H,11-14H2,1H3. The summed E-state index contributed by atoms with van der Waals surface area (Å²) in [7, 11) is -3.78. The van der Waals surface area contributed by atoms with E-state index >= 15 is 0 Å². The Labute approximate surface area is 185 Å². The Kier molecular flexibility index (Phi) is 5.94. The number of sulfonamides is 1. The summed E-state index contributed by atoms with van der Waals surface area (Å²) in [6.07, 6.45) is 0. The first kappa shape index (κ1) is 21.9. The lowest BCUT2D eigenvalue weighted by molar-refractivity contribution is 0.0666. The van der Waals surface area contributed by atoms with Crippen LogP contribution in [0.1, 0.15) is 27.8 Å². The Morgan fingerprint density at radius 1 is 0.938 bits per heavy atom.